The van der Waals surface area contributed by atoms with E-state index in [1.165, 1.54) is 58.9 Å². The van der Waals surface area contributed by atoms with E-state index in [2.05, 4.69) is 50.3 Å². The van der Waals surface area contributed by atoms with E-state index in [4.69, 9.17) is 126 Å². The molecule has 8 fully saturated rings. The van der Waals surface area contributed by atoms with Gasteiger partial charge in [0.05, 0.1) is 57.2 Å². The molecule has 656 valence electrons. The minimum Gasteiger partial charge on any atom is -0.462 e. The summed E-state index contributed by atoms with van der Waals surface area (Å²) < 4.78 is 145. The summed E-state index contributed by atoms with van der Waals surface area (Å²) in [5, 5.41) is 10.2. The number of nitrogens with zero attached hydrogens (tertiary/aromatic N) is 7. The van der Waals surface area contributed by atoms with Crippen LogP contribution in [0.25, 0.3) is 11.2 Å². The molecule has 13 rings (SSSR count). The summed E-state index contributed by atoms with van der Waals surface area (Å²) in [5.41, 5.74) is 2.90. The van der Waals surface area contributed by atoms with Crippen LogP contribution >= 0.6 is 77.4 Å². The normalized spacial score (nSPS) is 35.0. The van der Waals surface area contributed by atoms with Crippen LogP contribution in [-0.4, -0.2) is 215 Å². The fraction of sp³-hybridized carbons (Fsp3) is 0.677. The van der Waals surface area contributed by atoms with Crippen LogP contribution in [0.15, 0.2) is 78.2 Å². The number of fused-ring (bicyclic) bond motifs is 5. The van der Waals surface area contributed by atoms with Crippen molar-refractivity contribution in [2.75, 3.05) is 32.2 Å². The van der Waals surface area contributed by atoms with Crippen LogP contribution in [0, 0.1) is 0 Å². The van der Waals surface area contributed by atoms with Crippen molar-refractivity contribution in [1.82, 2.24) is 68.5 Å². The van der Waals surface area contributed by atoms with Gasteiger partial charge in [0, 0.05) is 36.8 Å². The van der Waals surface area contributed by atoms with Crippen molar-refractivity contribution < 1.29 is 112 Å². The van der Waals surface area contributed by atoms with Gasteiger partial charge < -0.3 is 43.6 Å². The second kappa shape index (κ2) is 36.6. The van der Waals surface area contributed by atoms with Gasteiger partial charge in [-0.15, -0.1) is 46.4 Å². The van der Waals surface area contributed by atoms with Gasteiger partial charge in [-0.05, 0) is 111 Å². The van der Waals surface area contributed by atoms with Crippen LogP contribution in [0.3, 0.4) is 0 Å². The summed E-state index contributed by atoms with van der Waals surface area (Å²) >= 11 is 26.8. The minimum absolute atomic E-state index is 0.0521. The van der Waals surface area contributed by atoms with Crippen molar-refractivity contribution >= 4 is 118 Å². The standard InChI is InChI=1S/C17H24ClN6O6P.3C16H23ClN3O8P/c1-8(2)28-15(25)9(3)23-31(26)27-5-10-12(30-31)17(4,18)16(29-10)24-7-22-11-13(19)20-6-21-14(11)24;3*1-8(2)26-13(22)9(3)19-29(24)25-7-10-12(28-29)16(4,17)14(27-10)20-6-5-11(21)18-15(20)23/h6-10,12,16H,5H2,1-4H3,(H,23,26)(H2,19,20,21);3*5-6,8-10,12,14H,7H2,1-4H3,(H,19,24)(H,18,21,23)/t9-,10-,12-,16-,17-,31?;9-,10-,12-,14-,16-,29?;9-,10-,12-,14-,16-,29+;9-,10-,12-,14-,16-,29-/m1111/s1. The smallest absolute Gasteiger partial charge is 0.406 e. The Kier molecular flexibility index (Phi) is 29.2. The Bertz CT molecular complexity index is 4760. The first kappa shape index (κ1) is 94.0. The van der Waals surface area contributed by atoms with Gasteiger partial charge >= 0.3 is 71.9 Å². The molecule has 5 aromatic heterocycles. The summed E-state index contributed by atoms with van der Waals surface area (Å²) in [5.74, 6) is -2.18. The monoisotopic (exact) mass is 1830 g/mol. The highest BCUT2D eigenvalue weighted by molar-refractivity contribution is 7.52. The van der Waals surface area contributed by atoms with E-state index in [9.17, 15) is 66.2 Å². The molecule has 53 heteroatoms. The molecular weight excluding hydrogens is 1740 g/mol. The first-order valence-corrected chi connectivity index (χ1v) is 44.4. The number of imidazole rings is 1. The molecule has 0 amide bonds. The molecule has 2 unspecified atom stereocenters. The van der Waals surface area contributed by atoms with Crippen LogP contribution < -0.4 is 59.8 Å². The fourth-order valence-corrected chi connectivity index (χ4v) is 21.8. The summed E-state index contributed by atoms with van der Waals surface area (Å²) in [6, 6.07) is -0.312. The average molecular weight is 1830 g/mol. The molecule has 0 saturated carbocycles. The third kappa shape index (κ3) is 21.1. The number of hydrogen-bond acceptors (Lipinski definition) is 34. The van der Waals surface area contributed by atoms with Crippen molar-refractivity contribution in [3.63, 3.8) is 0 Å². The lowest BCUT2D eigenvalue weighted by molar-refractivity contribution is -0.150. The lowest BCUT2D eigenvalue weighted by atomic mass is 10.0. The van der Waals surface area contributed by atoms with E-state index in [0.29, 0.717) is 11.2 Å². The van der Waals surface area contributed by atoms with Crippen molar-refractivity contribution in [2.24, 2.45) is 0 Å². The second-order valence-corrected chi connectivity index (χ2v) is 40.1. The van der Waals surface area contributed by atoms with Gasteiger partial charge in [-0.2, -0.15) is 0 Å². The Morgan fingerprint density at radius 1 is 0.432 bits per heavy atom. The maximum Gasteiger partial charge on any atom is 0.406 e. The lowest BCUT2D eigenvalue weighted by Gasteiger charge is -2.36. The molecule has 13 heterocycles. The summed E-state index contributed by atoms with van der Waals surface area (Å²) in [4.78, 5) is 132. The van der Waals surface area contributed by atoms with Gasteiger partial charge in [0.15, 0.2) is 36.4 Å². The SMILES string of the molecule is CC(C)OC(=O)[C@@H](C)NP1(=O)OC[C@H]2O[C@@H](n3ccc(=O)[nH]c3=O)[C@](C)(Cl)[C@@H]2O1.CC(C)OC(=O)[C@@H](C)NP1(=O)OC[C@H]2O[C@@H](n3cnc4c(N)ncnc43)[C@](C)(Cl)[C@@H]2O1.CC(C)OC(=O)[C@@H](C)N[P@@]1(=O)OC[C@H]2O[C@@H](n3ccc(=O)[nH]c3=O)[C@](C)(Cl)[C@@H]2O1.CC(C)OC(=O)[C@@H](C)N[P@]1(=O)OC[C@H]2O[C@@H](n3ccc(=O)[nH]c3=O)[C@](C)(Cl)[C@@H]2O1. The van der Waals surface area contributed by atoms with Gasteiger partial charge in [-0.3, -0.25) is 103 Å². The first-order chi connectivity index (χ1) is 54.8. The molecule has 0 radical (unpaired) electrons. The highest BCUT2D eigenvalue weighted by atomic mass is 35.5. The van der Waals surface area contributed by atoms with E-state index >= 15 is 0 Å². The predicted octanol–water partition coefficient (Wildman–Crippen LogP) is 4.41. The molecule has 8 saturated heterocycles. The third-order valence-corrected chi connectivity index (χ3v) is 26.9. The molecule has 45 nitrogen and oxygen atoms in total. The molecule has 5 aromatic rings. The van der Waals surface area contributed by atoms with E-state index in [1.54, 1.807) is 87.7 Å². The van der Waals surface area contributed by atoms with Crippen LogP contribution in [0.4, 0.5) is 5.82 Å². The van der Waals surface area contributed by atoms with Gasteiger partial charge in [0.2, 0.25) is 0 Å². The molecule has 118 heavy (non-hydrogen) atoms. The first-order valence-electron chi connectivity index (χ1n) is 36.7. The Balaban J connectivity index is 0.000000166. The van der Waals surface area contributed by atoms with E-state index in [-0.39, 0.29) is 56.7 Å². The highest BCUT2D eigenvalue weighted by Gasteiger charge is 2.64. The Hall–Kier alpha value is -6.29. The fourth-order valence-electron chi connectivity index (χ4n) is 13.1. The van der Waals surface area contributed by atoms with Gasteiger partial charge in [-0.25, -0.2) is 67.9 Å². The number of nitrogen functional groups attached to an aromatic ring is 1. The predicted molar refractivity (Wildman–Crippen MR) is 415 cm³/mol. The van der Waals surface area contributed by atoms with Crippen LogP contribution in [0.2, 0.25) is 0 Å². The number of carbonyl (C=O) groups excluding carboxylic acids is 4. The largest absolute Gasteiger partial charge is 0.462 e. The molecule has 0 spiro atoms. The van der Waals surface area contributed by atoms with Crippen LogP contribution in [0.1, 0.15) is 136 Å². The third-order valence-electron chi connectivity index (χ3n) is 18.5. The van der Waals surface area contributed by atoms with Crippen molar-refractivity contribution in [2.45, 2.75) is 253 Å². The van der Waals surface area contributed by atoms with E-state index in [1.807, 2.05) is 0 Å². The number of ether oxygens (including phenoxy) is 8. The lowest BCUT2D eigenvalue weighted by Crippen LogP contribution is -2.47. The number of aromatic nitrogens is 10. The van der Waals surface area contributed by atoms with E-state index in [0.717, 1.165) is 31.9 Å². The molecule has 0 aliphatic carbocycles. The number of rotatable bonds is 20. The zero-order chi connectivity index (χ0) is 87.2. The molecular formula is C65H93Cl4N15O30P4. The van der Waals surface area contributed by atoms with Crippen molar-refractivity contribution in [1.29, 1.82) is 0 Å². The number of halogens is 4. The van der Waals surface area contributed by atoms with Crippen molar-refractivity contribution in [3.8, 4) is 0 Å². The maximum atomic E-state index is 13.2. The summed E-state index contributed by atoms with van der Waals surface area (Å²) in [6.07, 6.45) is -4.87. The number of alkyl halides is 4. The number of hydrogen-bond donors (Lipinski definition) is 8. The number of nitrogens with two attached hydrogens (primary N) is 1. The molecule has 24 atom stereocenters. The Morgan fingerprint density at radius 2 is 0.678 bits per heavy atom. The van der Waals surface area contributed by atoms with Crippen LogP contribution in [0.5, 0.6) is 0 Å². The van der Waals surface area contributed by atoms with Crippen molar-refractivity contribution in [3.05, 3.63) is 112 Å². The second-order valence-electron chi connectivity index (χ2n) is 30.0. The number of carbonyl (C=O) groups is 4. The quantitative estimate of drug-likeness (QED) is 0.0231. The highest BCUT2D eigenvalue weighted by Crippen LogP contribution is 2.62. The number of nitrogens with one attached hydrogen (secondary N) is 7. The van der Waals surface area contributed by atoms with Gasteiger partial charge in [0.1, 0.15) is 104 Å². The Morgan fingerprint density at radius 3 is 0.915 bits per heavy atom. The average Bonchev–Trinajstić information content (AvgIpc) is 1.60. The summed E-state index contributed by atoms with van der Waals surface area (Å²) in [7, 11) is -15.6. The zero-order valence-corrected chi connectivity index (χ0v) is 72.9. The number of aromatic amines is 3. The zero-order valence-electron chi connectivity index (χ0n) is 66.3. The maximum absolute atomic E-state index is 13.2. The summed E-state index contributed by atoms with van der Waals surface area (Å²) in [6.45, 7) is 25.4. The van der Waals surface area contributed by atoms with Gasteiger partial charge in [0.25, 0.3) is 16.7 Å². The number of esters is 4. The Labute approximate surface area is 691 Å². The topological polar surface area (TPSA) is 567 Å². The molecule has 8 aliphatic rings. The molecule has 0 aromatic carbocycles. The number of H-pyrrole nitrogens is 3. The van der Waals surface area contributed by atoms with Crippen LogP contribution in [-0.2, 0) is 112 Å². The van der Waals surface area contributed by atoms with E-state index < -0.39 is 206 Å². The molecule has 9 N–H and O–H groups in total. The number of anilines is 1. The molecule has 8 aliphatic heterocycles. The minimum atomic E-state index is -3.92. The molecule has 0 bridgehead atoms. The van der Waals surface area contributed by atoms with Gasteiger partial charge in [-0.1, -0.05) is 0 Å².